The van der Waals surface area contributed by atoms with Gasteiger partial charge in [-0.2, -0.15) is 5.10 Å². The lowest BCUT2D eigenvalue weighted by molar-refractivity contribution is 0.0688. The maximum Gasteiger partial charge on any atom is 0.354 e. The van der Waals surface area contributed by atoms with Crippen molar-refractivity contribution in [1.82, 2.24) is 34.6 Å². The summed E-state index contributed by atoms with van der Waals surface area (Å²) in [6.45, 7) is 11.2. The van der Waals surface area contributed by atoms with Crippen molar-refractivity contribution in [3.8, 4) is 11.4 Å². The smallest absolute Gasteiger partial charge is 0.354 e. The summed E-state index contributed by atoms with van der Waals surface area (Å²) in [5.41, 5.74) is 5.94. The van der Waals surface area contributed by atoms with Gasteiger partial charge in [0, 0.05) is 25.2 Å². The Morgan fingerprint density at radius 3 is 2.60 bits per heavy atom. The van der Waals surface area contributed by atoms with Gasteiger partial charge in [0.05, 0.1) is 34.1 Å². The number of anilines is 3. The van der Waals surface area contributed by atoms with Crippen LogP contribution in [0.5, 0.6) is 5.75 Å². The Bertz CT molecular complexity index is 2660. The molecule has 0 atom stereocenters. The summed E-state index contributed by atoms with van der Waals surface area (Å²) >= 11 is 1.43. The molecule has 0 bridgehead atoms. The number of aromatic carboxylic acids is 1. The highest BCUT2D eigenvalue weighted by molar-refractivity contribution is 7.22. The summed E-state index contributed by atoms with van der Waals surface area (Å²) < 4.78 is 8.86. The van der Waals surface area contributed by atoms with Crippen LogP contribution in [0.15, 0.2) is 91.4 Å². The maximum absolute atomic E-state index is 13.5. The molecule has 0 spiro atoms. The first-order chi connectivity index (χ1) is 30.0. The SMILES string of the molecule is CN(CCCNc1ncnc2c1cnn2-c1ccc(OCCCc2ccc(N3CCc4cccc(C(=O)Nc5nc6ccccc6s5)c4C3)nc2C(=O)O)cc1)CCC(C)(C)C. The van der Waals surface area contributed by atoms with Gasteiger partial charge in [0.15, 0.2) is 16.5 Å². The first-order valence-corrected chi connectivity index (χ1v) is 21.9. The van der Waals surface area contributed by atoms with Crippen molar-refractivity contribution in [2.75, 3.05) is 55.4 Å². The summed E-state index contributed by atoms with van der Waals surface area (Å²) in [4.78, 5) is 48.6. The van der Waals surface area contributed by atoms with E-state index in [1.807, 2.05) is 83.8 Å². The molecule has 0 saturated carbocycles. The minimum absolute atomic E-state index is 0.0207. The number of para-hydroxylation sites is 1. The van der Waals surface area contributed by atoms with Crippen molar-refractivity contribution in [2.24, 2.45) is 5.41 Å². The third-order valence-corrected chi connectivity index (χ3v) is 12.0. The highest BCUT2D eigenvalue weighted by Gasteiger charge is 2.25. The van der Waals surface area contributed by atoms with E-state index in [-0.39, 0.29) is 11.6 Å². The standard InChI is InChI=1S/C47H52N10O4S/c1-47(2,3)22-26-55(4)24-9-23-48-42-36-28-51-57(43(36)50-30-49-42)33-16-18-34(19-17-33)61-27-8-11-32-15-20-40(53-41(32)45(59)60)56-25-21-31-10-7-12-35(37(31)29-56)44(58)54-46-52-38-13-5-6-14-39(38)62-46/h5-7,10,12-20,28,30H,8-9,11,21-27,29H2,1-4H3,(H,59,60)(H,48,49,50)(H,52,54,58). The van der Waals surface area contributed by atoms with Crippen LogP contribution in [0.2, 0.25) is 0 Å². The van der Waals surface area contributed by atoms with Crippen LogP contribution in [-0.4, -0.2) is 91.4 Å². The van der Waals surface area contributed by atoms with E-state index in [1.165, 1.54) is 11.3 Å². The number of hydrogen-bond acceptors (Lipinski definition) is 12. The normalized spacial score (nSPS) is 12.8. The maximum atomic E-state index is 13.5. The van der Waals surface area contributed by atoms with Crippen LogP contribution in [-0.2, 0) is 19.4 Å². The Morgan fingerprint density at radius 1 is 0.952 bits per heavy atom. The van der Waals surface area contributed by atoms with Crippen molar-refractivity contribution in [3.63, 3.8) is 0 Å². The molecular formula is C47H52N10O4S. The number of aryl methyl sites for hydroxylation is 1. The second-order valence-corrected chi connectivity index (χ2v) is 17.9. The molecule has 0 radical (unpaired) electrons. The fraction of sp³-hybridized carbons (Fsp3) is 0.340. The fourth-order valence-corrected chi connectivity index (χ4v) is 8.48. The molecule has 7 aromatic rings. The van der Waals surface area contributed by atoms with E-state index in [0.29, 0.717) is 77.8 Å². The van der Waals surface area contributed by atoms with Gasteiger partial charge >= 0.3 is 5.97 Å². The molecule has 0 unspecified atom stereocenters. The van der Waals surface area contributed by atoms with Crippen LogP contribution in [0.4, 0.5) is 16.8 Å². The van der Waals surface area contributed by atoms with Crippen molar-refractivity contribution in [1.29, 1.82) is 0 Å². The molecule has 1 amide bonds. The van der Waals surface area contributed by atoms with Gasteiger partial charge < -0.3 is 25.0 Å². The number of aromatic nitrogens is 6. The summed E-state index contributed by atoms with van der Waals surface area (Å²) in [7, 11) is 2.17. The summed E-state index contributed by atoms with van der Waals surface area (Å²) in [6.07, 6.45) is 7.29. The van der Waals surface area contributed by atoms with Crippen molar-refractivity contribution < 1.29 is 19.4 Å². The second-order valence-electron chi connectivity index (χ2n) is 16.9. The average Bonchev–Trinajstić information content (AvgIpc) is 3.90. The van der Waals surface area contributed by atoms with E-state index >= 15 is 0 Å². The highest BCUT2D eigenvalue weighted by Crippen LogP contribution is 2.30. The van der Waals surface area contributed by atoms with Crippen LogP contribution in [0, 0.1) is 5.41 Å². The van der Waals surface area contributed by atoms with Crippen LogP contribution in [0.25, 0.3) is 26.9 Å². The lowest BCUT2D eigenvalue weighted by atomic mass is 9.92. The Labute approximate surface area is 365 Å². The number of carbonyl (C=O) groups is 2. The number of carboxylic acids is 1. The minimum atomic E-state index is -1.08. The van der Waals surface area contributed by atoms with Gasteiger partial charge in [-0.25, -0.2) is 29.4 Å². The molecule has 1 aliphatic rings. The average molecular weight is 853 g/mol. The number of nitrogens with one attached hydrogen (secondary N) is 2. The molecule has 14 nitrogen and oxygen atoms in total. The van der Waals surface area contributed by atoms with Crippen molar-refractivity contribution in [2.45, 2.75) is 59.4 Å². The number of thiazole rings is 1. The van der Waals surface area contributed by atoms with Gasteiger partial charge in [0.1, 0.15) is 23.7 Å². The van der Waals surface area contributed by atoms with Gasteiger partial charge in [0.2, 0.25) is 0 Å². The predicted octanol–water partition coefficient (Wildman–Crippen LogP) is 8.52. The van der Waals surface area contributed by atoms with Crippen molar-refractivity contribution in [3.05, 3.63) is 119 Å². The number of benzene rings is 3. The molecule has 320 valence electrons. The molecular weight excluding hydrogens is 801 g/mol. The van der Waals surface area contributed by atoms with E-state index < -0.39 is 5.97 Å². The second kappa shape index (κ2) is 18.7. The number of pyridine rings is 1. The highest BCUT2D eigenvalue weighted by atomic mass is 32.1. The summed E-state index contributed by atoms with van der Waals surface area (Å²) in [5.74, 6) is 0.713. The molecule has 3 N–H and O–H groups in total. The zero-order valence-corrected chi connectivity index (χ0v) is 36.4. The van der Waals surface area contributed by atoms with Crippen LogP contribution in [0.1, 0.15) is 77.6 Å². The molecule has 3 aromatic carbocycles. The van der Waals surface area contributed by atoms with E-state index in [2.05, 4.69) is 68.4 Å². The molecule has 0 fully saturated rings. The zero-order chi connectivity index (χ0) is 43.2. The van der Waals surface area contributed by atoms with E-state index in [0.717, 1.165) is 70.7 Å². The zero-order valence-electron chi connectivity index (χ0n) is 35.6. The molecule has 4 aromatic heterocycles. The number of rotatable bonds is 17. The topological polar surface area (TPSA) is 164 Å². The molecule has 1 aliphatic heterocycles. The third kappa shape index (κ3) is 10.0. The van der Waals surface area contributed by atoms with Gasteiger partial charge in [-0.3, -0.25) is 10.1 Å². The Balaban J connectivity index is 0.842. The lowest BCUT2D eigenvalue weighted by Gasteiger charge is -2.31. The van der Waals surface area contributed by atoms with E-state index in [4.69, 9.17) is 4.74 Å². The fourth-order valence-electron chi connectivity index (χ4n) is 7.62. The third-order valence-electron chi connectivity index (χ3n) is 11.1. The number of ether oxygens (including phenoxy) is 1. The molecule has 0 aliphatic carbocycles. The minimum Gasteiger partial charge on any atom is -0.494 e. The first-order valence-electron chi connectivity index (χ1n) is 21.1. The summed E-state index contributed by atoms with van der Waals surface area (Å²) in [5, 5.41) is 22.7. The quantitative estimate of drug-likeness (QED) is 0.0750. The monoisotopic (exact) mass is 852 g/mol. The number of amides is 1. The molecule has 62 heavy (non-hydrogen) atoms. The van der Waals surface area contributed by atoms with Crippen LogP contribution >= 0.6 is 11.3 Å². The van der Waals surface area contributed by atoms with Crippen LogP contribution in [0.3, 0.4) is 0 Å². The number of nitrogens with zero attached hydrogens (tertiary/aromatic N) is 8. The molecule has 15 heteroatoms. The lowest BCUT2D eigenvalue weighted by Crippen LogP contribution is -2.33. The Kier molecular flexibility index (Phi) is 12.7. The number of fused-ring (bicyclic) bond motifs is 3. The van der Waals surface area contributed by atoms with Gasteiger partial charge in [0.25, 0.3) is 5.91 Å². The predicted molar refractivity (Wildman–Crippen MR) is 245 cm³/mol. The van der Waals surface area contributed by atoms with Crippen LogP contribution < -0.4 is 20.3 Å². The van der Waals surface area contributed by atoms with Gasteiger partial charge in [-0.1, -0.05) is 62.4 Å². The Morgan fingerprint density at radius 2 is 1.79 bits per heavy atom. The van der Waals surface area contributed by atoms with Gasteiger partial charge in [-0.15, -0.1) is 0 Å². The van der Waals surface area contributed by atoms with E-state index in [1.54, 1.807) is 17.2 Å². The molecule has 0 saturated heterocycles. The summed E-state index contributed by atoms with van der Waals surface area (Å²) in [6, 6.07) is 24.9. The molecule has 8 rings (SSSR count). The number of carboxylic acid groups (broad SMARTS) is 1. The first kappa shape index (κ1) is 42.2. The van der Waals surface area contributed by atoms with Crippen molar-refractivity contribution >= 4 is 61.2 Å². The molecule has 5 heterocycles. The Hall–Kier alpha value is -6.45. The number of carbonyl (C=O) groups excluding carboxylic acids is 1. The largest absolute Gasteiger partial charge is 0.494 e. The van der Waals surface area contributed by atoms with Gasteiger partial charge in [-0.05, 0) is 123 Å². The number of hydrogen-bond donors (Lipinski definition) is 3. The van der Waals surface area contributed by atoms with E-state index in [9.17, 15) is 14.7 Å².